The molecule has 1 N–H and O–H groups in total. The van der Waals surface area contributed by atoms with Gasteiger partial charge in [-0.25, -0.2) is 0 Å². The Morgan fingerprint density at radius 2 is 2.17 bits per heavy atom. The zero-order valence-corrected chi connectivity index (χ0v) is 13.8. The van der Waals surface area contributed by atoms with Crippen LogP contribution in [0.5, 0.6) is 5.75 Å². The van der Waals surface area contributed by atoms with Crippen LogP contribution in [0.25, 0.3) is 0 Å². The van der Waals surface area contributed by atoms with Crippen LogP contribution in [0, 0.1) is 19.8 Å². The fraction of sp³-hybridized carbons (Fsp3) is 0.421. The number of carbonyl (C=O) groups is 1. The number of ether oxygens (including phenoxy) is 1. The lowest BCUT2D eigenvalue weighted by molar-refractivity contribution is 0.0628. The van der Waals surface area contributed by atoms with E-state index in [0.717, 1.165) is 37.2 Å². The first-order valence-corrected chi connectivity index (χ1v) is 8.25. The number of amides is 1. The Morgan fingerprint density at radius 1 is 1.30 bits per heavy atom. The molecule has 122 valence electrons. The molecule has 1 atom stereocenters. The van der Waals surface area contributed by atoms with Crippen LogP contribution in [0.4, 0.5) is 0 Å². The molecule has 1 aliphatic heterocycles. The van der Waals surface area contributed by atoms with Crippen molar-refractivity contribution in [3.63, 3.8) is 0 Å². The summed E-state index contributed by atoms with van der Waals surface area (Å²) in [6.45, 7) is 6.31. The smallest absolute Gasteiger partial charge is 0.270 e. The van der Waals surface area contributed by atoms with Crippen LogP contribution in [0.1, 0.15) is 34.5 Å². The summed E-state index contributed by atoms with van der Waals surface area (Å²) in [5.41, 5.74) is 2.97. The SMILES string of the molecule is Cc1cccc(OCC2CCCN(C(=O)c3cc(C)c[nH]3)C2)c1. The van der Waals surface area contributed by atoms with Gasteiger partial charge in [0.05, 0.1) is 6.61 Å². The van der Waals surface area contributed by atoms with Crippen LogP contribution in [-0.2, 0) is 0 Å². The Balaban J connectivity index is 1.56. The molecule has 0 saturated carbocycles. The number of piperidine rings is 1. The predicted molar refractivity (Wildman–Crippen MR) is 90.8 cm³/mol. The molecule has 1 amide bonds. The number of rotatable bonds is 4. The minimum absolute atomic E-state index is 0.0957. The molecule has 1 fully saturated rings. The van der Waals surface area contributed by atoms with Gasteiger partial charge in [-0.15, -0.1) is 0 Å². The van der Waals surface area contributed by atoms with E-state index in [1.165, 1.54) is 5.56 Å². The number of nitrogens with one attached hydrogen (secondary N) is 1. The van der Waals surface area contributed by atoms with Crippen molar-refractivity contribution in [2.75, 3.05) is 19.7 Å². The van der Waals surface area contributed by atoms with Gasteiger partial charge in [0, 0.05) is 25.2 Å². The van der Waals surface area contributed by atoms with Gasteiger partial charge in [0.1, 0.15) is 11.4 Å². The summed E-state index contributed by atoms with van der Waals surface area (Å²) in [6.07, 6.45) is 4.02. The molecule has 1 unspecified atom stereocenters. The molecule has 3 rings (SSSR count). The number of hydrogen-bond donors (Lipinski definition) is 1. The van der Waals surface area contributed by atoms with Crippen molar-refractivity contribution in [1.82, 2.24) is 9.88 Å². The quantitative estimate of drug-likeness (QED) is 0.938. The van der Waals surface area contributed by atoms with Gasteiger partial charge in [0.2, 0.25) is 0 Å². The van der Waals surface area contributed by atoms with E-state index in [9.17, 15) is 4.79 Å². The van der Waals surface area contributed by atoms with Gasteiger partial charge in [-0.05, 0) is 56.0 Å². The van der Waals surface area contributed by atoms with E-state index in [-0.39, 0.29) is 5.91 Å². The number of hydrogen-bond acceptors (Lipinski definition) is 2. The van der Waals surface area contributed by atoms with E-state index in [1.807, 2.05) is 42.3 Å². The lowest BCUT2D eigenvalue weighted by atomic mass is 9.98. The highest BCUT2D eigenvalue weighted by Crippen LogP contribution is 2.21. The van der Waals surface area contributed by atoms with Crippen LogP contribution in [0.3, 0.4) is 0 Å². The largest absolute Gasteiger partial charge is 0.493 e. The number of likely N-dealkylation sites (tertiary alicyclic amines) is 1. The molecule has 2 aromatic rings. The number of carbonyl (C=O) groups excluding carboxylic acids is 1. The van der Waals surface area contributed by atoms with E-state index >= 15 is 0 Å². The third kappa shape index (κ3) is 3.95. The summed E-state index contributed by atoms with van der Waals surface area (Å²) in [5.74, 6) is 1.40. The fourth-order valence-electron chi connectivity index (χ4n) is 3.10. The maximum absolute atomic E-state index is 12.5. The molecule has 0 spiro atoms. The van der Waals surface area contributed by atoms with Gasteiger partial charge in [-0.1, -0.05) is 12.1 Å². The van der Waals surface area contributed by atoms with E-state index in [2.05, 4.69) is 18.0 Å². The summed E-state index contributed by atoms with van der Waals surface area (Å²) in [4.78, 5) is 17.5. The van der Waals surface area contributed by atoms with Crippen molar-refractivity contribution in [2.24, 2.45) is 5.92 Å². The average Bonchev–Trinajstić information content (AvgIpc) is 2.99. The van der Waals surface area contributed by atoms with Crippen molar-refractivity contribution in [3.05, 3.63) is 53.3 Å². The highest BCUT2D eigenvalue weighted by atomic mass is 16.5. The molecule has 1 aromatic heterocycles. The Bertz CT molecular complexity index is 678. The standard InChI is InChI=1S/C19H24N2O2/c1-14-5-3-7-17(9-14)23-13-16-6-4-8-21(12-16)19(22)18-10-15(2)11-20-18/h3,5,7,9-11,16,20H,4,6,8,12-13H2,1-2H3. The second-order valence-corrected chi connectivity index (χ2v) is 6.48. The summed E-state index contributed by atoms with van der Waals surface area (Å²) in [6, 6.07) is 10.0. The molecule has 1 aliphatic rings. The first-order chi connectivity index (χ1) is 11.1. The van der Waals surface area contributed by atoms with Crippen molar-refractivity contribution in [3.8, 4) is 5.75 Å². The molecule has 2 heterocycles. The molecule has 0 radical (unpaired) electrons. The maximum Gasteiger partial charge on any atom is 0.270 e. The zero-order valence-electron chi connectivity index (χ0n) is 13.8. The molecule has 1 saturated heterocycles. The van der Waals surface area contributed by atoms with E-state index < -0.39 is 0 Å². The Hall–Kier alpha value is -2.23. The summed E-state index contributed by atoms with van der Waals surface area (Å²) in [7, 11) is 0. The van der Waals surface area contributed by atoms with Crippen LogP contribution >= 0.6 is 0 Å². The minimum Gasteiger partial charge on any atom is -0.493 e. The molecular formula is C19H24N2O2. The van der Waals surface area contributed by atoms with Crippen molar-refractivity contribution in [2.45, 2.75) is 26.7 Å². The summed E-state index contributed by atoms with van der Waals surface area (Å²) < 4.78 is 5.92. The van der Waals surface area contributed by atoms with Gasteiger partial charge in [0.25, 0.3) is 5.91 Å². The second-order valence-electron chi connectivity index (χ2n) is 6.48. The third-order valence-electron chi connectivity index (χ3n) is 4.34. The normalized spacial score (nSPS) is 18.0. The zero-order chi connectivity index (χ0) is 16.2. The fourth-order valence-corrected chi connectivity index (χ4v) is 3.10. The monoisotopic (exact) mass is 312 g/mol. The number of nitrogens with zero attached hydrogens (tertiary/aromatic N) is 1. The summed E-state index contributed by atoms with van der Waals surface area (Å²) >= 11 is 0. The van der Waals surface area contributed by atoms with Crippen LogP contribution in [-0.4, -0.2) is 35.5 Å². The topological polar surface area (TPSA) is 45.3 Å². The number of aromatic nitrogens is 1. The van der Waals surface area contributed by atoms with E-state index in [1.54, 1.807) is 0 Å². The van der Waals surface area contributed by atoms with E-state index in [0.29, 0.717) is 18.2 Å². The van der Waals surface area contributed by atoms with Gasteiger partial charge >= 0.3 is 0 Å². The molecule has 23 heavy (non-hydrogen) atoms. The Kier molecular flexibility index (Phi) is 4.70. The van der Waals surface area contributed by atoms with Gasteiger partial charge in [-0.3, -0.25) is 4.79 Å². The van der Waals surface area contributed by atoms with Crippen molar-refractivity contribution in [1.29, 1.82) is 0 Å². The second kappa shape index (κ2) is 6.90. The van der Waals surface area contributed by atoms with Crippen LogP contribution in [0.15, 0.2) is 36.5 Å². The molecule has 4 heteroatoms. The average molecular weight is 312 g/mol. The maximum atomic E-state index is 12.5. The molecule has 4 nitrogen and oxygen atoms in total. The number of H-pyrrole nitrogens is 1. The highest BCUT2D eigenvalue weighted by molar-refractivity contribution is 5.92. The lowest BCUT2D eigenvalue weighted by Crippen LogP contribution is -2.41. The molecular weight excluding hydrogens is 288 g/mol. The van der Waals surface area contributed by atoms with Gasteiger partial charge < -0.3 is 14.6 Å². The van der Waals surface area contributed by atoms with Crippen LogP contribution < -0.4 is 4.74 Å². The first kappa shape index (κ1) is 15.7. The minimum atomic E-state index is 0.0957. The van der Waals surface area contributed by atoms with Gasteiger partial charge in [0.15, 0.2) is 0 Å². The summed E-state index contributed by atoms with van der Waals surface area (Å²) in [5, 5.41) is 0. The highest BCUT2D eigenvalue weighted by Gasteiger charge is 2.25. The number of aromatic amines is 1. The van der Waals surface area contributed by atoms with E-state index in [4.69, 9.17) is 4.74 Å². The molecule has 0 aliphatic carbocycles. The van der Waals surface area contributed by atoms with Crippen LogP contribution in [0.2, 0.25) is 0 Å². The van der Waals surface area contributed by atoms with Gasteiger partial charge in [-0.2, -0.15) is 0 Å². The Labute approximate surface area is 137 Å². The molecule has 0 bridgehead atoms. The Morgan fingerprint density at radius 3 is 2.91 bits per heavy atom. The lowest BCUT2D eigenvalue weighted by Gasteiger charge is -2.32. The number of aryl methyl sites for hydroxylation is 2. The predicted octanol–water partition coefficient (Wildman–Crippen LogP) is 3.56. The third-order valence-corrected chi connectivity index (χ3v) is 4.34. The first-order valence-electron chi connectivity index (χ1n) is 8.25. The van der Waals surface area contributed by atoms with Crippen molar-refractivity contribution < 1.29 is 9.53 Å². The number of benzene rings is 1. The molecule has 1 aromatic carbocycles. The van der Waals surface area contributed by atoms with Crippen molar-refractivity contribution >= 4 is 5.91 Å².